The number of allylic oxidation sites excluding steroid dienone is 4. The van der Waals surface area contributed by atoms with Crippen LogP contribution in [-0.2, 0) is 17.8 Å². The summed E-state index contributed by atoms with van der Waals surface area (Å²) in [6.07, 6.45) is 5.78. The molecule has 4 aliphatic rings. The average Bonchev–Trinajstić information content (AvgIpc) is 3.53. The summed E-state index contributed by atoms with van der Waals surface area (Å²) in [6, 6.07) is 8.38. The third-order valence-corrected chi connectivity index (χ3v) is 8.98. The lowest BCUT2D eigenvalue weighted by atomic mass is 9.93. The van der Waals surface area contributed by atoms with Crippen LogP contribution in [-0.4, -0.2) is 77.7 Å². The number of anilines is 1. The van der Waals surface area contributed by atoms with Crippen molar-refractivity contribution in [2.24, 2.45) is 4.99 Å². The van der Waals surface area contributed by atoms with Crippen molar-refractivity contribution in [3.63, 3.8) is 0 Å². The zero-order chi connectivity index (χ0) is 29.5. The van der Waals surface area contributed by atoms with Crippen molar-refractivity contribution < 1.29 is 19.4 Å². The van der Waals surface area contributed by atoms with E-state index < -0.39 is 6.10 Å². The lowest BCUT2D eigenvalue weighted by Gasteiger charge is -2.35. The predicted octanol–water partition coefficient (Wildman–Crippen LogP) is 4.29. The van der Waals surface area contributed by atoms with E-state index in [-0.39, 0.29) is 30.9 Å². The van der Waals surface area contributed by atoms with E-state index in [9.17, 15) is 14.7 Å². The summed E-state index contributed by atoms with van der Waals surface area (Å²) in [5, 5.41) is 14.1. The van der Waals surface area contributed by atoms with Crippen LogP contribution >= 0.6 is 0 Å². The Balaban J connectivity index is 1.19. The Hall–Kier alpha value is -3.75. The molecule has 6 rings (SSSR count). The van der Waals surface area contributed by atoms with E-state index in [0.717, 1.165) is 76.4 Å². The van der Waals surface area contributed by atoms with Crippen molar-refractivity contribution in [1.82, 2.24) is 9.80 Å². The second-order valence-electron chi connectivity index (χ2n) is 12.2. The van der Waals surface area contributed by atoms with Crippen LogP contribution in [0.3, 0.4) is 0 Å². The molecule has 0 saturated carbocycles. The molecule has 2 aromatic rings. The highest BCUT2D eigenvalue weighted by molar-refractivity contribution is 6.29. The number of rotatable bonds is 6. The molecule has 42 heavy (non-hydrogen) atoms. The Labute approximate surface area is 247 Å². The van der Waals surface area contributed by atoms with E-state index in [1.165, 1.54) is 0 Å². The van der Waals surface area contributed by atoms with E-state index in [4.69, 9.17) is 4.74 Å². The van der Waals surface area contributed by atoms with E-state index in [2.05, 4.69) is 33.2 Å². The van der Waals surface area contributed by atoms with Crippen LogP contribution in [0.5, 0.6) is 5.75 Å². The van der Waals surface area contributed by atoms with Crippen molar-refractivity contribution in [1.29, 1.82) is 0 Å². The van der Waals surface area contributed by atoms with Crippen LogP contribution in [0.2, 0.25) is 0 Å². The fourth-order valence-electron chi connectivity index (χ4n) is 6.70. The highest BCUT2D eigenvalue weighted by atomic mass is 16.5. The average molecular weight is 569 g/mol. The first kappa shape index (κ1) is 28.4. The van der Waals surface area contributed by atoms with Gasteiger partial charge in [-0.1, -0.05) is 29.8 Å². The molecule has 1 atom stereocenters. The molecule has 1 fully saturated rings. The minimum absolute atomic E-state index is 0.00212. The third-order valence-electron chi connectivity index (χ3n) is 8.98. The summed E-state index contributed by atoms with van der Waals surface area (Å²) in [5.41, 5.74) is 9.00. The smallest absolute Gasteiger partial charge is 0.255 e. The van der Waals surface area contributed by atoms with E-state index in [1.807, 2.05) is 51.1 Å². The summed E-state index contributed by atoms with van der Waals surface area (Å²) < 4.78 is 5.83. The SMILES string of the molecule is Cc1ccc(OC[C@H](O)CN=C2C=CCC(=O)C2=C2Cc3cc4c(c(C)c3N2)C(=O)N(C2CCN(C)CC2)C4)c(C)c1. The number of fused-ring (bicyclic) bond motifs is 2. The largest absolute Gasteiger partial charge is 0.491 e. The molecule has 1 amide bonds. The zero-order valence-electron chi connectivity index (χ0n) is 25.0. The van der Waals surface area contributed by atoms with Crippen LogP contribution < -0.4 is 10.1 Å². The Morgan fingerprint density at radius 2 is 1.90 bits per heavy atom. The first-order chi connectivity index (χ1) is 20.2. The number of ether oxygens (including phenoxy) is 1. The Kier molecular flexibility index (Phi) is 7.77. The molecule has 8 nitrogen and oxygen atoms in total. The molecule has 0 aromatic heterocycles. The number of nitrogens with zero attached hydrogens (tertiary/aromatic N) is 3. The van der Waals surface area contributed by atoms with Gasteiger partial charge in [-0.15, -0.1) is 0 Å². The monoisotopic (exact) mass is 568 g/mol. The van der Waals surface area contributed by atoms with Gasteiger partial charge in [0.05, 0.1) is 17.8 Å². The minimum Gasteiger partial charge on any atom is -0.491 e. The Morgan fingerprint density at radius 1 is 1.12 bits per heavy atom. The molecular weight excluding hydrogens is 528 g/mol. The first-order valence-electron chi connectivity index (χ1n) is 15.0. The maximum Gasteiger partial charge on any atom is 0.255 e. The molecule has 3 aliphatic heterocycles. The van der Waals surface area contributed by atoms with Gasteiger partial charge in [0, 0.05) is 42.4 Å². The minimum atomic E-state index is -0.813. The lowest BCUT2D eigenvalue weighted by Crippen LogP contribution is -2.43. The number of carbonyl (C=O) groups is 2. The van der Waals surface area contributed by atoms with Crippen LogP contribution in [0.1, 0.15) is 57.4 Å². The van der Waals surface area contributed by atoms with Crippen LogP contribution in [0.15, 0.2) is 52.7 Å². The van der Waals surface area contributed by atoms with Gasteiger partial charge >= 0.3 is 0 Å². The number of piperidine rings is 1. The van der Waals surface area contributed by atoms with Gasteiger partial charge in [0.1, 0.15) is 18.5 Å². The Morgan fingerprint density at radius 3 is 2.67 bits per heavy atom. The number of aliphatic hydroxyl groups excluding tert-OH is 1. The molecule has 1 saturated heterocycles. The molecule has 2 N–H and O–H groups in total. The molecule has 0 unspecified atom stereocenters. The number of ketones is 1. The van der Waals surface area contributed by atoms with Crippen molar-refractivity contribution in [2.45, 2.75) is 65.1 Å². The molecule has 1 aliphatic carbocycles. The van der Waals surface area contributed by atoms with Crippen molar-refractivity contribution in [2.75, 3.05) is 38.6 Å². The molecule has 3 heterocycles. The number of nitrogens with one attached hydrogen (secondary N) is 1. The number of amides is 1. The van der Waals surface area contributed by atoms with E-state index in [1.54, 1.807) is 0 Å². The van der Waals surface area contributed by atoms with E-state index in [0.29, 0.717) is 30.7 Å². The molecule has 220 valence electrons. The quantitative estimate of drug-likeness (QED) is 0.505. The van der Waals surface area contributed by atoms with Crippen LogP contribution in [0.4, 0.5) is 5.69 Å². The van der Waals surface area contributed by atoms with Crippen LogP contribution in [0.25, 0.3) is 0 Å². The van der Waals surface area contributed by atoms with Crippen molar-refractivity contribution in [3.8, 4) is 5.75 Å². The maximum atomic E-state index is 13.6. The molecule has 8 heteroatoms. The highest BCUT2D eigenvalue weighted by Crippen LogP contribution is 2.41. The second kappa shape index (κ2) is 11.5. The second-order valence-corrected chi connectivity index (χ2v) is 12.2. The summed E-state index contributed by atoms with van der Waals surface area (Å²) in [5.74, 6) is 0.868. The molecule has 0 spiro atoms. The summed E-state index contributed by atoms with van der Waals surface area (Å²) in [6.45, 7) is 8.94. The number of hydrogen-bond acceptors (Lipinski definition) is 7. The van der Waals surface area contributed by atoms with Crippen molar-refractivity contribution in [3.05, 3.63) is 81.1 Å². The number of likely N-dealkylation sites (tertiary alicyclic amines) is 1. The van der Waals surface area contributed by atoms with Gasteiger partial charge in [-0.25, -0.2) is 0 Å². The van der Waals surface area contributed by atoms with Crippen LogP contribution in [0, 0.1) is 20.8 Å². The lowest BCUT2D eigenvalue weighted by molar-refractivity contribution is -0.114. The number of hydrogen-bond donors (Lipinski definition) is 2. The topological polar surface area (TPSA) is 94.5 Å². The van der Waals surface area contributed by atoms with Gasteiger partial charge in [-0.05, 0) is 88.1 Å². The number of Topliss-reactive ketones (excluding diaryl/α,β-unsaturated/α-hetero) is 1. The van der Waals surface area contributed by atoms with Gasteiger partial charge in [-0.2, -0.15) is 0 Å². The highest BCUT2D eigenvalue weighted by Gasteiger charge is 2.38. The van der Waals surface area contributed by atoms with E-state index >= 15 is 0 Å². The third kappa shape index (κ3) is 5.41. The van der Waals surface area contributed by atoms with Gasteiger partial charge in [0.2, 0.25) is 0 Å². The zero-order valence-corrected chi connectivity index (χ0v) is 25.0. The fourth-order valence-corrected chi connectivity index (χ4v) is 6.70. The van der Waals surface area contributed by atoms with Gasteiger partial charge in [0.25, 0.3) is 5.91 Å². The first-order valence-corrected chi connectivity index (χ1v) is 15.0. The normalized spacial score (nSPS) is 22.5. The molecular formula is C34H40N4O4. The number of carbonyl (C=O) groups excluding carboxylic acids is 2. The Bertz CT molecular complexity index is 1530. The summed E-state index contributed by atoms with van der Waals surface area (Å²) in [4.78, 5) is 35.8. The summed E-state index contributed by atoms with van der Waals surface area (Å²) in [7, 11) is 2.14. The predicted molar refractivity (Wildman–Crippen MR) is 164 cm³/mol. The standard InChI is InChI=1S/C34H40N4O4/c1-20-8-9-30(21(2)14-20)42-19-26(39)17-35-27-6-5-7-29(40)32(27)28-16-23-15-24-18-38(25-10-12-37(4)13-11-25)34(41)31(24)22(3)33(23)36-28/h5-6,8-9,14-15,25-26,36,39H,7,10-13,16-19H2,1-4H3/t26-/m1/s1. The summed E-state index contributed by atoms with van der Waals surface area (Å²) >= 11 is 0. The van der Waals surface area contributed by atoms with Gasteiger partial charge < -0.3 is 25.0 Å². The molecule has 2 aromatic carbocycles. The fraction of sp³-hybridized carbons (Fsp3) is 0.441. The maximum absolute atomic E-state index is 13.6. The molecule has 0 radical (unpaired) electrons. The number of aryl methyl sites for hydroxylation is 2. The number of aliphatic hydroxyl groups is 1. The number of benzene rings is 2. The van der Waals surface area contributed by atoms with Gasteiger partial charge in [-0.3, -0.25) is 14.6 Å². The van der Waals surface area contributed by atoms with Crippen molar-refractivity contribution >= 4 is 23.1 Å². The number of aliphatic imine (C=N–C) groups is 1. The van der Waals surface area contributed by atoms with Gasteiger partial charge in [0.15, 0.2) is 5.78 Å². The molecule has 0 bridgehead atoms.